The average Bonchev–Trinajstić information content (AvgIpc) is 3.11. The molecule has 4 rings (SSSR count). The van der Waals surface area contributed by atoms with Crippen LogP contribution >= 0.6 is 0 Å². The molecule has 0 unspecified atom stereocenters. The molecule has 1 aromatic carbocycles. The fourth-order valence-electron chi connectivity index (χ4n) is 4.29. The summed E-state index contributed by atoms with van der Waals surface area (Å²) in [4.78, 5) is 19.8. The van der Waals surface area contributed by atoms with Crippen molar-refractivity contribution >= 4 is 5.91 Å². The second-order valence-electron chi connectivity index (χ2n) is 7.96. The van der Waals surface area contributed by atoms with E-state index in [0.29, 0.717) is 18.2 Å². The molecule has 29 heavy (non-hydrogen) atoms. The van der Waals surface area contributed by atoms with Gasteiger partial charge in [0.2, 0.25) is 0 Å². The maximum absolute atomic E-state index is 13.4. The molecule has 0 atom stereocenters. The highest BCUT2D eigenvalue weighted by molar-refractivity contribution is 5.92. The minimum atomic E-state index is 0.00233. The van der Waals surface area contributed by atoms with Crippen LogP contribution in [0.2, 0.25) is 0 Å². The molecular weight excluding hydrogens is 360 g/mol. The largest absolute Gasteiger partial charge is 0.328 e. The number of hydrogen-bond acceptors (Lipinski definition) is 3. The van der Waals surface area contributed by atoms with E-state index >= 15 is 0 Å². The summed E-state index contributed by atoms with van der Waals surface area (Å²) < 4.78 is 1.76. The molecule has 5 heteroatoms. The van der Waals surface area contributed by atoms with Crippen molar-refractivity contribution in [1.29, 1.82) is 0 Å². The number of benzene rings is 1. The number of aromatic nitrogens is 3. The quantitative estimate of drug-likeness (QED) is 0.647. The first-order valence-electron chi connectivity index (χ1n) is 10.4. The van der Waals surface area contributed by atoms with E-state index < -0.39 is 0 Å². The van der Waals surface area contributed by atoms with Crippen LogP contribution in [0.4, 0.5) is 0 Å². The van der Waals surface area contributed by atoms with Gasteiger partial charge in [-0.25, -0.2) is 0 Å². The lowest BCUT2D eigenvalue weighted by Gasteiger charge is -2.36. The van der Waals surface area contributed by atoms with E-state index in [0.717, 1.165) is 37.1 Å². The number of amides is 1. The lowest BCUT2D eigenvalue weighted by molar-refractivity contribution is 0.0595. The first kappa shape index (κ1) is 19.4. The van der Waals surface area contributed by atoms with Crippen LogP contribution in [-0.4, -0.2) is 31.6 Å². The predicted molar refractivity (Wildman–Crippen MR) is 113 cm³/mol. The van der Waals surface area contributed by atoms with Crippen molar-refractivity contribution in [3.05, 3.63) is 83.4 Å². The number of hydrogen-bond donors (Lipinski definition) is 0. The van der Waals surface area contributed by atoms with Gasteiger partial charge in [0.15, 0.2) is 5.69 Å². The fraction of sp³-hybridized carbons (Fsp3) is 0.375. The van der Waals surface area contributed by atoms with Gasteiger partial charge in [0.25, 0.3) is 5.91 Å². The third-order valence-electron chi connectivity index (χ3n) is 6.06. The Balaban J connectivity index is 1.53. The molecule has 2 aromatic heterocycles. The van der Waals surface area contributed by atoms with Gasteiger partial charge < -0.3 is 4.90 Å². The van der Waals surface area contributed by atoms with Crippen molar-refractivity contribution in [2.45, 2.75) is 51.1 Å². The summed E-state index contributed by atoms with van der Waals surface area (Å²) in [7, 11) is 1.88. The van der Waals surface area contributed by atoms with Gasteiger partial charge in [0.05, 0.1) is 12.2 Å². The van der Waals surface area contributed by atoms with E-state index in [-0.39, 0.29) is 11.9 Å². The molecule has 0 aliphatic heterocycles. The summed E-state index contributed by atoms with van der Waals surface area (Å²) in [5.41, 5.74) is 3.83. The van der Waals surface area contributed by atoms with Crippen molar-refractivity contribution in [2.75, 3.05) is 0 Å². The minimum Gasteiger partial charge on any atom is -0.328 e. The van der Waals surface area contributed by atoms with E-state index in [1.807, 2.05) is 43.1 Å². The molecule has 150 valence electrons. The summed E-state index contributed by atoms with van der Waals surface area (Å²) in [5.74, 6) is 0.582. The van der Waals surface area contributed by atoms with Gasteiger partial charge in [-0.15, -0.1) is 0 Å². The SMILES string of the molecule is Cc1cc(C(=O)N(Cc2ccccn2)C2CCC(c3ccccc3)CC2)nn1C. The molecular formula is C24H28N4O. The van der Waals surface area contributed by atoms with Gasteiger partial charge in [-0.3, -0.25) is 14.5 Å². The van der Waals surface area contributed by atoms with E-state index in [2.05, 4.69) is 40.4 Å². The second kappa shape index (κ2) is 8.60. The Labute approximate surface area is 172 Å². The van der Waals surface area contributed by atoms with Gasteiger partial charge >= 0.3 is 0 Å². The molecule has 0 spiro atoms. The van der Waals surface area contributed by atoms with Crippen LogP contribution in [0.1, 0.15) is 59.0 Å². The fourth-order valence-corrected chi connectivity index (χ4v) is 4.29. The summed E-state index contributed by atoms with van der Waals surface area (Å²) in [6, 6.07) is 18.7. The van der Waals surface area contributed by atoms with E-state index in [1.165, 1.54) is 5.56 Å². The molecule has 1 saturated carbocycles. The van der Waals surface area contributed by atoms with Crippen molar-refractivity contribution in [3.8, 4) is 0 Å². The van der Waals surface area contributed by atoms with Crippen molar-refractivity contribution in [1.82, 2.24) is 19.7 Å². The molecule has 1 fully saturated rings. The maximum Gasteiger partial charge on any atom is 0.274 e. The number of carbonyl (C=O) groups is 1. The molecule has 0 N–H and O–H groups in total. The smallest absolute Gasteiger partial charge is 0.274 e. The van der Waals surface area contributed by atoms with Gasteiger partial charge in [-0.05, 0) is 62.3 Å². The third-order valence-corrected chi connectivity index (χ3v) is 6.06. The zero-order valence-electron chi connectivity index (χ0n) is 17.2. The van der Waals surface area contributed by atoms with Crippen LogP contribution in [0.5, 0.6) is 0 Å². The molecule has 1 aliphatic carbocycles. The Morgan fingerprint density at radius 2 is 1.79 bits per heavy atom. The minimum absolute atomic E-state index is 0.00233. The van der Waals surface area contributed by atoms with Gasteiger partial charge in [-0.2, -0.15) is 5.10 Å². The molecule has 1 aliphatic rings. The first-order chi connectivity index (χ1) is 14.1. The lowest BCUT2D eigenvalue weighted by Crippen LogP contribution is -2.42. The topological polar surface area (TPSA) is 51.0 Å². The van der Waals surface area contributed by atoms with Crippen LogP contribution in [0.3, 0.4) is 0 Å². The Hall–Kier alpha value is -2.95. The summed E-state index contributed by atoms with van der Waals surface area (Å²) in [6.07, 6.45) is 5.99. The average molecular weight is 389 g/mol. The zero-order chi connectivity index (χ0) is 20.2. The van der Waals surface area contributed by atoms with E-state index in [4.69, 9.17) is 0 Å². The van der Waals surface area contributed by atoms with Crippen LogP contribution in [0.15, 0.2) is 60.8 Å². The van der Waals surface area contributed by atoms with Crippen LogP contribution < -0.4 is 0 Å². The number of aryl methyl sites for hydroxylation is 2. The molecule has 0 bridgehead atoms. The van der Waals surface area contributed by atoms with Gasteiger partial charge in [0.1, 0.15) is 0 Å². The first-order valence-corrected chi connectivity index (χ1v) is 10.4. The number of pyridine rings is 1. The second-order valence-corrected chi connectivity index (χ2v) is 7.96. The van der Waals surface area contributed by atoms with Gasteiger partial charge in [0, 0.05) is 25.0 Å². The molecule has 3 aromatic rings. The van der Waals surface area contributed by atoms with E-state index in [9.17, 15) is 4.79 Å². The van der Waals surface area contributed by atoms with Crippen LogP contribution in [-0.2, 0) is 13.6 Å². The Morgan fingerprint density at radius 3 is 2.41 bits per heavy atom. The van der Waals surface area contributed by atoms with Crippen molar-refractivity contribution in [2.24, 2.45) is 7.05 Å². The Kier molecular flexibility index (Phi) is 5.74. The van der Waals surface area contributed by atoms with Crippen LogP contribution in [0, 0.1) is 6.92 Å². The summed E-state index contributed by atoms with van der Waals surface area (Å²) in [5, 5.41) is 4.44. The van der Waals surface area contributed by atoms with Crippen molar-refractivity contribution < 1.29 is 4.79 Å². The standard InChI is InChI=1S/C24H28N4O/c1-18-16-23(26-27(18)2)24(29)28(17-21-10-6-7-15-25-21)22-13-11-20(12-14-22)19-8-4-3-5-9-19/h3-10,15-16,20,22H,11-14,17H2,1-2H3. The highest BCUT2D eigenvalue weighted by atomic mass is 16.2. The van der Waals surface area contributed by atoms with E-state index in [1.54, 1.807) is 10.9 Å². The molecule has 5 nitrogen and oxygen atoms in total. The highest BCUT2D eigenvalue weighted by Crippen LogP contribution is 2.35. The molecule has 1 amide bonds. The number of nitrogens with zero attached hydrogens (tertiary/aromatic N) is 4. The maximum atomic E-state index is 13.4. The lowest BCUT2D eigenvalue weighted by atomic mass is 9.81. The number of carbonyl (C=O) groups excluding carboxylic acids is 1. The predicted octanol–water partition coefficient (Wildman–Crippen LogP) is 4.49. The monoisotopic (exact) mass is 388 g/mol. The normalized spacial score (nSPS) is 19.1. The molecule has 2 heterocycles. The van der Waals surface area contributed by atoms with Gasteiger partial charge in [-0.1, -0.05) is 36.4 Å². The summed E-state index contributed by atoms with van der Waals surface area (Å²) in [6.45, 7) is 2.49. The Bertz CT molecular complexity index is 924. The zero-order valence-corrected chi connectivity index (χ0v) is 17.2. The number of rotatable bonds is 5. The summed E-state index contributed by atoms with van der Waals surface area (Å²) >= 11 is 0. The third kappa shape index (κ3) is 4.39. The highest BCUT2D eigenvalue weighted by Gasteiger charge is 2.31. The molecule has 0 radical (unpaired) electrons. The van der Waals surface area contributed by atoms with Crippen LogP contribution in [0.25, 0.3) is 0 Å². The molecule has 0 saturated heterocycles. The van der Waals surface area contributed by atoms with Crippen molar-refractivity contribution in [3.63, 3.8) is 0 Å². The Morgan fingerprint density at radius 1 is 1.07 bits per heavy atom.